The summed E-state index contributed by atoms with van der Waals surface area (Å²) in [6.07, 6.45) is 2.48. The summed E-state index contributed by atoms with van der Waals surface area (Å²) < 4.78 is 12.3. The highest BCUT2D eigenvalue weighted by molar-refractivity contribution is 6.53. The molecule has 0 unspecified atom stereocenters. The highest BCUT2D eigenvalue weighted by Gasteiger charge is 2.50. The maximum Gasteiger partial charge on any atom is 0.487 e. The zero-order valence-electron chi connectivity index (χ0n) is 18.1. The second-order valence-electron chi connectivity index (χ2n) is 10.5. The molecule has 0 radical (unpaired) electrons. The van der Waals surface area contributed by atoms with Gasteiger partial charge in [-0.2, -0.15) is 0 Å². The van der Waals surface area contributed by atoms with Crippen LogP contribution in [0, 0.1) is 0 Å². The van der Waals surface area contributed by atoms with Crippen LogP contribution in [0.15, 0.2) is 24.2 Å². The molecular formula is C23H35BO2. The van der Waals surface area contributed by atoms with Gasteiger partial charge in [-0.1, -0.05) is 57.4 Å². The van der Waals surface area contributed by atoms with Crippen molar-refractivity contribution in [2.45, 2.75) is 97.2 Å². The minimum atomic E-state index is -0.295. The molecule has 0 spiro atoms. The van der Waals surface area contributed by atoms with E-state index in [4.69, 9.17) is 9.31 Å². The standard InChI is InChI=1S/C23H35BO2/c1-16(15-24-25-22(6,7)23(8,9)26-24)17-10-11-18-19(14-17)21(4,5)13-12-20(18,2)3/h10-11,14-15H,12-13H2,1-9H3/b16-15+. The monoisotopic (exact) mass is 354 g/mol. The van der Waals surface area contributed by atoms with E-state index < -0.39 is 0 Å². The third kappa shape index (κ3) is 3.29. The van der Waals surface area contributed by atoms with Gasteiger partial charge in [0.1, 0.15) is 0 Å². The Balaban J connectivity index is 1.94. The first-order chi connectivity index (χ1) is 11.8. The van der Waals surface area contributed by atoms with Crippen LogP contribution in [0.3, 0.4) is 0 Å². The second kappa shape index (κ2) is 5.97. The molecule has 0 aromatic heterocycles. The van der Waals surface area contributed by atoms with Gasteiger partial charge in [-0.15, -0.1) is 0 Å². The van der Waals surface area contributed by atoms with Gasteiger partial charge in [0.15, 0.2) is 0 Å². The minimum Gasteiger partial charge on any atom is -0.400 e. The van der Waals surface area contributed by atoms with Gasteiger partial charge in [0.05, 0.1) is 11.2 Å². The third-order valence-corrected chi connectivity index (χ3v) is 6.97. The Bertz CT molecular complexity index is 725. The number of fused-ring (bicyclic) bond motifs is 1. The normalized spacial score (nSPS) is 25.9. The molecule has 1 fully saturated rings. The molecule has 1 aliphatic heterocycles. The molecule has 2 aliphatic rings. The van der Waals surface area contributed by atoms with Gasteiger partial charge in [-0.3, -0.25) is 0 Å². The van der Waals surface area contributed by atoms with Gasteiger partial charge < -0.3 is 9.31 Å². The van der Waals surface area contributed by atoms with Crippen LogP contribution in [-0.4, -0.2) is 18.3 Å². The third-order valence-electron chi connectivity index (χ3n) is 6.97. The largest absolute Gasteiger partial charge is 0.487 e. The van der Waals surface area contributed by atoms with Gasteiger partial charge >= 0.3 is 7.12 Å². The molecule has 0 amide bonds. The smallest absolute Gasteiger partial charge is 0.400 e. The quantitative estimate of drug-likeness (QED) is 0.600. The van der Waals surface area contributed by atoms with E-state index in [1.807, 2.05) is 0 Å². The molecule has 3 heteroatoms. The fourth-order valence-electron chi connectivity index (χ4n) is 4.09. The average molecular weight is 354 g/mol. The number of allylic oxidation sites excluding steroid dienone is 1. The van der Waals surface area contributed by atoms with E-state index in [1.54, 1.807) is 0 Å². The Morgan fingerprint density at radius 2 is 1.35 bits per heavy atom. The maximum absolute atomic E-state index is 6.14. The van der Waals surface area contributed by atoms with E-state index >= 15 is 0 Å². The van der Waals surface area contributed by atoms with Crippen LogP contribution in [0.4, 0.5) is 0 Å². The Morgan fingerprint density at radius 3 is 1.88 bits per heavy atom. The minimum absolute atomic E-state index is 0.228. The van der Waals surface area contributed by atoms with Gasteiger partial charge in [-0.05, 0) is 75.0 Å². The molecular weight excluding hydrogens is 319 g/mol. The van der Waals surface area contributed by atoms with Crippen molar-refractivity contribution in [2.24, 2.45) is 0 Å². The zero-order chi connectivity index (χ0) is 19.5. The summed E-state index contributed by atoms with van der Waals surface area (Å²) in [5.41, 5.74) is 5.37. The second-order valence-corrected chi connectivity index (χ2v) is 10.5. The highest BCUT2D eigenvalue weighted by atomic mass is 16.7. The predicted molar refractivity (Wildman–Crippen MR) is 111 cm³/mol. The number of hydrogen-bond acceptors (Lipinski definition) is 2. The molecule has 0 bridgehead atoms. The van der Waals surface area contributed by atoms with E-state index in [0.717, 1.165) is 0 Å². The van der Waals surface area contributed by atoms with Crippen LogP contribution < -0.4 is 0 Å². The van der Waals surface area contributed by atoms with E-state index in [-0.39, 0.29) is 29.2 Å². The highest BCUT2D eigenvalue weighted by Crippen LogP contribution is 2.46. The molecule has 2 nitrogen and oxygen atoms in total. The maximum atomic E-state index is 6.14. The van der Waals surface area contributed by atoms with Crippen LogP contribution >= 0.6 is 0 Å². The van der Waals surface area contributed by atoms with E-state index in [1.165, 1.54) is 35.1 Å². The molecule has 142 valence electrons. The van der Waals surface area contributed by atoms with Gasteiger partial charge in [0.2, 0.25) is 0 Å². The Kier molecular flexibility index (Phi) is 4.52. The van der Waals surface area contributed by atoms with E-state index in [0.29, 0.717) is 0 Å². The van der Waals surface area contributed by atoms with E-state index in [2.05, 4.69) is 86.5 Å². The number of benzene rings is 1. The summed E-state index contributed by atoms with van der Waals surface area (Å²) in [7, 11) is -0.291. The van der Waals surface area contributed by atoms with Crippen molar-refractivity contribution in [3.63, 3.8) is 0 Å². The summed E-state index contributed by atoms with van der Waals surface area (Å²) >= 11 is 0. The summed E-state index contributed by atoms with van der Waals surface area (Å²) in [4.78, 5) is 0. The molecule has 0 atom stereocenters. The summed E-state index contributed by atoms with van der Waals surface area (Å²) in [5.74, 6) is 2.12. The van der Waals surface area contributed by atoms with Gasteiger partial charge in [0.25, 0.3) is 0 Å². The Hall–Kier alpha value is -1.06. The topological polar surface area (TPSA) is 18.5 Å². The molecule has 1 aromatic carbocycles. The van der Waals surface area contributed by atoms with Crippen molar-refractivity contribution < 1.29 is 9.31 Å². The predicted octanol–water partition coefficient (Wildman–Crippen LogP) is 6.07. The summed E-state index contributed by atoms with van der Waals surface area (Å²) in [5, 5.41) is 0. The fraction of sp³-hybridized carbons (Fsp3) is 0.652. The molecule has 1 aliphatic carbocycles. The van der Waals surface area contributed by atoms with Crippen molar-refractivity contribution in [3.8, 4) is 0 Å². The Morgan fingerprint density at radius 1 is 0.846 bits per heavy atom. The van der Waals surface area contributed by atoms with Crippen LogP contribution in [0.1, 0.15) is 91.8 Å². The van der Waals surface area contributed by atoms with Gasteiger partial charge in [0, 0.05) is 0 Å². The van der Waals surface area contributed by atoms with Crippen molar-refractivity contribution in [3.05, 3.63) is 40.9 Å². The lowest BCUT2D eigenvalue weighted by molar-refractivity contribution is 0.00578. The molecule has 1 aromatic rings. The first-order valence-electron chi connectivity index (χ1n) is 9.95. The van der Waals surface area contributed by atoms with Crippen molar-refractivity contribution in [2.75, 3.05) is 0 Å². The van der Waals surface area contributed by atoms with Crippen LogP contribution in [0.2, 0.25) is 0 Å². The molecule has 1 heterocycles. The molecule has 0 N–H and O–H groups in total. The van der Waals surface area contributed by atoms with Crippen LogP contribution in [-0.2, 0) is 20.1 Å². The zero-order valence-corrected chi connectivity index (χ0v) is 18.1. The molecule has 26 heavy (non-hydrogen) atoms. The van der Waals surface area contributed by atoms with E-state index in [9.17, 15) is 0 Å². The van der Waals surface area contributed by atoms with Crippen LogP contribution in [0.25, 0.3) is 5.57 Å². The summed E-state index contributed by atoms with van der Waals surface area (Å²) in [6.45, 7) is 20.0. The van der Waals surface area contributed by atoms with Gasteiger partial charge in [-0.25, -0.2) is 0 Å². The fourth-order valence-corrected chi connectivity index (χ4v) is 4.09. The van der Waals surface area contributed by atoms with Crippen molar-refractivity contribution in [1.82, 2.24) is 0 Å². The van der Waals surface area contributed by atoms with Crippen molar-refractivity contribution in [1.29, 1.82) is 0 Å². The number of rotatable bonds is 2. The average Bonchev–Trinajstić information content (AvgIpc) is 2.70. The first-order valence-corrected chi connectivity index (χ1v) is 9.95. The SMILES string of the molecule is C/C(=C\B1OC(C)(C)C(C)(C)O1)c1ccc2c(c1)C(C)(C)CCC2(C)C. The van der Waals surface area contributed by atoms with Crippen LogP contribution in [0.5, 0.6) is 0 Å². The van der Waals surface area contributed by atoms with Crippen molar-refractivity contribution >= 4 is 12.7 Å². The summed E-state index contributed by atoms with van der Waals surface area (Å²) in [6, 6.07) is 7.00. The molecule has 0 saturated carbocycles. The number of hydrogen-bond donors (Lipinski definition) is 0. The first kappa shape index (κ1) is 19.7. The molecule has 1 saturated heterocycles. The molecule has 3 rings (SSSR count). The lowest BCUT2D eigenvalue weighted by Crippen LogP contribution is -2.41. The Labute approximate surface area is 160 Å². The lowest BCUT2D eigenvalue weighted by atomic mass is 9.63. The lowest BCUT2D eigenvalue weighted by Gasteiger charge is -2.42.